The molecule has 0 spiro atoms. The van der Waals surface area contributed by atoms with Gasteiger partial charge in [0.2, 0.25) is 0 Å². The summed E-state index contributed by atoms with van der Waals surface area (Å²) in [5.41, 5.74) is 1.45. The topological polar surface area (TPSA) is 65.0 Å². The standard InChI is InChI=1S/C16H13ClNO4/c1-21-13-5-2-10(3-6-13)16-14(18(19)20)9-11-8-12(17)4-7-15(11)22-16/h2-9,16,19H,1H3/q-1. The minimum atomic E-state index is -0.706. The van der Waals surface area contributed by atoms with Crippen LogP contribution in [0.1, 0.15) is 17.2 Å². The van der Waals surface area contributed by atoms with Crippen LogP contribution in [-0.2, 0) is 0 Å². The predicted octanol–water partition coefficient (Wildman–Crippen LogP) is 4.01. The van der Waals surface area contributed by atoms with Crippen molar-refractivity contribution in [3.63, 3.8) is 0 Å². The van der Waals surface area contributed by atoms with Gasteiger partial charge in [0, 0.05) is 10.6 Å². The molecular formula is C16H13ClNO4-. The molecule has 6 heteroatoms. The molecule has 114 valence electrons. The second kappa shape index (κ2) is 5.88. The van der Waals surface area contributed by atoms with Crippen LogP contribution in [0.25, 0.3) is 6.08 Å². The highest BCUT2D eigenvalue weighted by Gasteiger charge is 2.25. The van der Waals surface area contributed by atoms with Crippen molar-refractivity contribution >= 4 is 17.7 Å². The van der Waals surface area contributed by atoms with E-state index in [0.717, 1.165) is 5.56 Å². The number of benzene rings is 2. The third-order valence-electron chi connectivity index (χ3n) is 3.43. The minimum Gasteiger partial charge on any atom is -0.734 e. The van der Waals surface area contributed by atoms with E-state index in [1.807, 2.05) is 0 Å². The molecule has 0 amide bonds. The van der Waals surface area contributed by atoms with Crippen molar-refractivity contribution in [2.75, 3.05) is 7.11 Å². The molecule has 0 aliphatic carbocycles. The van der Waals surface area contributed by atoms with E-state index in [0.29, 0.717) is 22.1 Å². The SMILES string of the molecule is COc1ccc(C2Oc3ccc(Cl)cc3C=C2N([O-])O)cc1. The van der Waals surface area contributed by atoms with E-state index in [4.69, 9.17) is 21.1 Å². The molecule has 5 nitrogen and oxygen atoms in total. The van der Waals surface area contributed by atoms with Crippen LogP contribution in [0, 0.1) is 5.21 Å². The highest BCUT2D eigenvalue weighted by molar-refractivity contribution is 6.30. The fourth-order valence-corrected chi connectivity index (χ4v) is 2.52. The lowest BCUT2D eigenvalue weighted by Crippen LogP contribution is -2.24. The molecular weight excluding hydrogens is 306 g/mol. The zero-order valence-corrected chi connectivity index (χ0v) is 12.4. The number of nitrogens with zero attached hydrogens (tertiary/aromatic N) is 1. The third kappa shape index (κ3) is 2.74. The second-order valence-corrected chi connectivity index (χ2v) is 5.23. The summed E-state index contributed by atoms with van der Waals surface area (Å²) in [6.45, 7) is 0. The van der Waals surface area contributed by atoms with Gasteiger partial charge in [0.15, 0.2) is 6.10 Å². The van der Waals surface area contributed by atoms with Crippen LogP contribution in [0.5, 0.6) is 11.5 Å². The maximum absolute atomic E-state index is 11.5. The minimum absolute atomic E-state index is 0.0833. The molecule has 0 radical (unpaired) electrons. The van der Waals surface area contributed by atoms with Crippen molar-refractivity contribution in [1.29, 1.82) is 0 Å². The van der Waals surface area contributed by atoms with Crippen LogP contribution < -0.4 is 9.47 Å². The molecule has 1 unspecified atom stereocenters. The van der Waals surface area contributed by atoms with Gasteiger partial charge in [-0.05, 0) is 42.0 Å². The van der Waals surface area contributed by atoms with E-state index < -0.39 is 6.10 Å². The van der Waals surface area contributed by atoms with Crippen LogP contribution in [0.2, 0.25) is 5.02 Å². The van der Waals surface area contributed by atoms with Crippen molar-refractivity contribution in [3.8, 4) is 11.5 Å². The normalized spacial score (nSPS) is 16.4. The van der Waals surface area contributed by atoms with Gasteiger partial charge in [-0.3, -0.25) is 5.21 Å². The van der Waals surface area contributed by atoms with Crippen molar-refractivity contribution in [3.05, 3.63) is 69.5 Å². The van der Waals surface area contributed by atoms with Crippen molar-refractivity contribution in [1.82, 2.24) is 5.23 Å². The summed E-state index contributed by atoms with van der Waals surface area (Å²) in [7, 11) is 1.57. The molecule has 1 aliphatic heterocycles. The first-order valence-electron chi connectivity index (χ1n) is 6.56. The molecule has 0 aromatic heterocycles. The number of hydrogen-bond acceptors (Lipinski definition) is 5. The van der Waals surface area contributed by atoms with Crippen LogP contribution in [0.15, 0.2) is 48.2 Å². The maximum Gasteiger partial charge on any atom is 0.165 e. The maximum atomic E-state index is 11.5. The van der Waals surface area contributed by atoms with E-state index in [2.05, 4.69) is 0 Å². The van der Waals surface area contributed by atoms with E-state index in [1.165, 1.54) is 0 Å². The Kier molecular flexibility index (Phi) is 3.94. The Morgan fingerprint density at radius 3 is 2.59 bits per heavy atom. The van der Waals surface area contributed by atoms with Gasteiger partial charge in [-0.1, -0.05) is 23.7 Å². The summed E-state index contributed by atoms with van der Waals surface area (Å²) in [6, 6.07) is 12.2. The van der Waals surface area contributed by atoms with Crippen molar-refractivity contribution < 1.29 is 14.7 Å². The summed E-state index contributed by atoms with van der Waals surface area (Å²) in [4.78, 5) is 0. The monoisotopic (exact) mass is 318 g/mol. The van der Waals surface area contributed by atoms with Crippen LogP contribution in [0.3, 0.4) is 0 Å². The quantitative estimate of drug-likeness (QED) is 0.866. The van der Waals surface area contributed by atoms with Gasteiger partial charge in [-0.15, -0.1) is 0 Å². The molecule has 0 saturated heterocycles. The highest BCUT2D eigenvalue weighted by Crippen LogP contribution is 2.39. The van der Waals surface area contributed by atoms with Crippen LogP contribution in [-0.4, -0.2) is 17.5 Å². The summed E-state index contributed by atoms with van der Waals surface area (Å²) in [6.07, 6.45) is 0.856. The molecule has 2 aromatic carbocycles. The van der Waals surface area contributed by atoms with Crippen molar-refractivity contribution in [2.24, 2.45) is 0 Å². The van der Waals surface area contributed by atoms with E-state index >= 15 is 0 Å². The number of hydroxylamine groups is 2. The molecule has 1 atom stereocenters. The summed E-state index contributed by atoms with van der Waals surface area (Å²) in [5, 5.41) is 21.2. The smallest absolute Gasteiger partial charge is 0.165 e. The Hall–Kier alpha value is -2.21. The largest absolute Gasteiger partial charge is 0.734 e. The van der Waals surface area contributed by atoms with Crippen LogP contribution >= 0.6 is 11.6 Å². The van der Waals surface area contributed by atoms with Gasteiger partial charge in [-0.25, -0.2) is 0 Å². The zero-order chi connectivity index (χ0) is 15.7. The molecule has 3 rings (SSSR count). The lowest BCUT2D eigenvalue weighted by molar-refractivity contribution is -0.0244. The van der Waals surface area contributed by atoms with E-state index in [9.17, 15) is 10.4 Å². The highest BCUT2D eigenvalue weighted by atomic mass is 35.5. The second-order valence-electron chi connectivity index (χ2n) is 4.80. The zero-order valence-electron chi connectivity index (χ0n) is 11.7. The summed E-state index contributed by atoms with van der Waals surface area (Å²) in [5.74, 6) is 1.29. The number of ether oxygens (including phenoxy) is 2. The van der Waals surface area contributed by atoms with E-state index in [-0.39, 0.29) is 10.9 Å². The molecule has 0 saturated carbocycles. The molecule has 2 aromatic rings. The molecule has 1 N–H and O–H groups in total. The summed E-state index contributed by atoms with van der Waals surface area (Å²) < 4.78 is 11.0. The molecule has 0 fully saturated rings. The molecule has 1 heterocycles. The number of halogens is 1. The fraction of sp³-hybridized carbons (Fsp3) is 0.125. The Balaban J connectivity index is 2.02. The first-order chi connectivity index (χ1) is 10.6. The van der Waals surface area contributed by atoms with Crippen LogP contribution in [0.4, 0.5) is 0 Å². The average Bonchev–Trinajstić information content (AvgIpc) is 2.53. The first-order valence-corrected chi connectivity index (χ1v) is 6.94. The molecule has 0 bridgehead atoms. The first kappa shape index (κ1) is 14.7. The number of rotatable bonds is 3. The lowest BCUT2D eigenvalue weighted by Gasteiger charge is -2.35. The van der Waals surface area contributed by atoms with Gasteiger partial charge >= 0.3 is 0 Å². The van der Waals surface area contributed by atoms with Crippen molar-refractivity contribution in [2.45, 2.75) is 6.10 Å². The van der Waals surface area contributed by atoms with E-state index in [1.54, 1.807) is 55.7 Å². The Morgan fingerprint density at radius 2 is 1.95 bits per heavy atom. The van der Waals surface area contributed by atoms with Gasteiger partial charge in [0.05, 0.1) is 12.8 Å². The number of hydrogen-bond donors (Lipinski definition) is 1. The van der Waals surface area contributed by atoms with Gasteiger partial charge in [0.25, 0.3) is 0 Å². The average molecular weight is 319 g/mol. The third-order valence-corrected chi connectivity index (χ3v) is 3.66. The fourth-order valence-electron chi connectivity index (χ4n) is 2.33. The Morgan fingerprint density at radius 1 is 1.23 bits per heavy atom. The Labute approximate surface area is 132 Å². The summed E-state index contributed by atoms with van der Waals surface area (Å²) >= 11 is 5.94. The predicted molar refractivity (Wildman–Crippen MR) is 82.8 cm³/mol. The van der Waals surface area contributed by atoms with Gasteiger partial charge < -0.3 is 19.9 Å². The van der Waals surface area contributed by atoms with Gasteiger partial charge in [0.1, 0.15) is 11.5 Å². The number of methoxy groups -OCH3 is 1. The van der Waals surface area contributed by atoms with Gasteiger partial charge in [-0.2, -0.15) is 0 Å². The molecule has 22 heavy (non-hydrogen) atoms. The lowest BCUT2D eigenvalue weighted by atomic mass is 10.0. The number of fused-ring (bicyclic) bond motifs is 1. The molecule has 1 aliphatic rings. The Bertz CT molecular complexity index is 713.